The van der Waals surface area contributed by atoms with Gasteiger partial charge < -0.3 is 9.15 Å². The van der Waals surface area contributed by atoms with Crippen molar-refractivity contribution < 1.29 is 9.15 Å². The normalized spacial score (nSPS) is 14.8. The number of likely N-dealkylation sites (tertiary alicyclic amines) is 1. The molecule has 3 aromatic rings. The Balaban J connectivity index is 1.94. The summed E-state index contributed by atoms with van der Waals surface area (Å²) in [7, 11) is 1.67. The maximum absolute atomic E-state index is 13.1. The van der Waals surface area contributed by atoms with E-state index >= 15 is 0 Å². The van der Waals surface area contributed by atoms with Gasteiger partial charge in [-0.3, -0.25) is 9.69 Å². The summed E-state index contributed by atoms with van der Waals surface area (Å²) in [6.07, 6.45) is 2.43. The van der Waals surface area contributed by atoms with Crippen LogP contribution >= 0.6 is 0 Å². The van der Waals surface area contributed by atoms with Crippen molar-refractivity contribution in [2.45, 2.75) is 33.2 Å². The molecule has 1 fully saturated rings. The Hall–Kier alpha value is -2.59. The summed E-state index contributed by atoms with van der Waals surface area (Å²) in [6, 6.07) is 11.8. The van der Waals surface area contributed by atoms with Gasteiger partial charge in [0.25, 0.3) is 0 Å². The average molecular weight is 363 g/mol. The van der Waals surface area contributed by atoms with E-state index in [0.29, 0.717) is 22.3 Å². The molecule has 27 heavy (non-hydrogen) atoms. The monoisotopic (exact) mass is 363 g/mol. The second-order valence-corrected chi connectivity index (χ2v) is 7.36. The fraction of sp³-hybridized carbons (Fsp3) is 0.348. The van der Waals surface area contributed by atoms with Crippen molar-refractivity contribution in [2.75, 3.05) is 20.2 Å². The van der Waals surface area contributed by atoms with E-state index < -0.39 is 0 Å². The Morgan fingerprint density at radius 1 is 1.04 bits per heavy atom. The molecular formula is C23H25NO3. The van der Waals surface area contributed by atoms with Crippen molar-refractivity contribution in [1.82, 2.24) is 4.90 Å². The third-order valence-electron chi connectivity index (χ3n) is 5.46. The van der Waals surface area contributed by atoms with Crippen molar-refractivity contribution in [2.24, 2.45) is 0 Å². The number of nitrogens with zero attached hydrogens (tertiary/aromatic N) is 1. The molecule has 0 amide bonds. The second-order valence-electron chi connectivity index (χ2n) is 7.36. The number of rotatable bonds is 4. The van der Waals surface area contributed by atoms with Crippen LogP contribution < -0.4 is 10.2 Å². The van der Waals surface area contributed by atoms with Gasteiger partial charge in [0.05, 0.1) is 18.1 Å². The molecule has 0 bridgehead atoms. The highest BCUT2D eigenvalue weighted by Gasteiger charge is 2.21. The lowest BCUT2D eigenvalue weighted by molar-refractivity contribution is 0.320. The largest absolute Gasteiger partial charge is 0.496 e. The number of methoxy groups -OCH3 is 1. The van der Waals surface area contributed by atoms with Crippen molar-refractivity contribution in [3.8, 4) is 17.1 Å². The fourth-order valence-corrected chi connectivity index (χ4v) is 3.87. The molecule has 0 unspecified atom stereocenters. The van der Waals surface area contributed by atoms with Gasteiger partial charge in [0.2, 0.25) is 0 Å². The summed E-state index contributed by atoms with van der Waals surface area (Å²) >= 11 is 0. The van der Waals surface area contributed by atoms with Crippen LogP contribution in [0, 0.1) is 13.8 Å². The quantitative estimate of drug-likeness (QED) is 0.675. The second kappa shape index (κ2) is 7.20. The molecule has 4 nitrogen and oxygen atoms in total. The van der Waals surface area contributed by atoms with Gasteiger partial charge >= 0.3 is 0 Å². The van der Waals surface area contributed by atoms with Crippen LogP contribution in [0.5, 0.6) is 5.75 Å². The number of fused-ring (bicyclic) bond motifs is 1. The molecule has 4 heteroatoms. The Bertz CT molecular complexity index is 1030. The molecule has 2 aromatic carbocycles. The number of aryl methyl sites for hydroxylation is 1. The SMILES string of the molecule is COc1ccc2c(=O)c(C)c(-c3ccc(C)cc3)oc2c1CN1CCCC1. The number of hydrogen-bond acceptors (Lipinski definition) is 4. The number of benzene rings is 2. The lowest BCUT2D eigenvalue weighted by Crippen LogP contribution is -2.19. The van der Waals surface area contributed by atoms with E-state index in [1.807, 2.05) is 50.2 Å². The Labute approximate surface area is 159 Å². The predicted molar refractivity (Wildman–Crippen MR) is 108 cm³/mol. The minimum Gasteiger partial charge on any atom is -0.496 e. The van der Waals surface area contributed by atoms with Gasteiger partial charge in [0.1, 0.15) is 17.1 Å². The van der Waals surface area contributed by atoms with E-state index in [0.717, 1.165) is 36.5 Å². The smallest absolute Gasteiger partial charge is 0.196 e. The first kappa shape index (κ1) is 17.8. The van der Waals surface area contributed by atoms with Crippen molar-refractivity contribution >= 4 is 11.0 Å². The Kier molecular flexibility index (Phi) is 4.75. The van der Waals surface area contributed by atoms with Crippen LogP contribution in [0.15, 0.2) is 45.6 Å². The van der Waals surface area contributed by atoms with Gasteiger partial charge in [-0.05, 0) is 51.9 Å². The maximum atomic E-state index is 13.1. The Morgan fingerprint density at radius 3 is 2.41 bits per heavy atom. The molecule has 4 rings (SSSR count). The van der Waals surface area contributed by atoms with Crippen LogP contribution in [-0.2, 0) is 6.54 Å². The van der Waals surface area contributed by atoms with Crippen LogP contribution in [0.1, 0.15) is 29.5 Å². The van der Waals surface area contributed by atoms with Gasteiger partial charge in [-0.1, -0.05) is 29.8 Å². The van der Waals surface area contributed by atoms with E-state index in [1.165, 1.54) is 18.4 Å². The molecule has 0 radical (unpaired) electrons. The molecular weight excluding hydrogens is 338 g/mol. The molecule has 0 atom stereocenters. The van der Waals surface area contributed by atoms with E-state index in [4.69, 9.17) is 9.15 Å². The van der Waals surface area contributed by atoms with Crippen LogP contribution in [0.2, 0.25) is 0 Å². The lowest BCUT2D eigenvalue weighted by Gasteiger charge is -2.19. The molecule has 0 N–H and O–H groups in total. The highest BCUT2D eigenvalue weighted by Crippen LogP contribution is 2.33. The summed E-state index contributed by atoms with van der Waals surface area (Å²) in [6.45, 7) is 6.76. The van der Waals surface area contributed by atoms with E-state index in [2.05, 4.69) is 4.90 Å². The van der Waals surface area contributed by atoms with Gasteiger partial charge in [-0.25, -0.2) is 0 Å². The fourth-order valence-electron chi connectivity index (χ4n) is 3.87. The third kappa shape index (κ3) is 3.26. The summed E-state index contributed by atoms with van der Waals surface area (Å²) in [4.78, 5) is 15.5. The first-order valence-corrected chi connectivity index (χ1v) is 9.51. The van der Waals surface area contributed by atoms with Crippen molar-refractivity contribution in [3.63, 3.8) is 0 Å². The molecule has 0 saturated carbocycles. The lowest BCUT2D eigenvalue weighted by atomic mass is 10.0. The molecule has 0 aliphatic carbocycles. The molecule has 1 aromatic heterocycles. The minimum atomic E-state index is 0.0251. The molecule has 1 aliphatic heterocycles. The Morgan fingerprint density at radius 2 is 1.74 bits per heavy atom. The first-order chi connectivity index (χ1) is 13.1. The number of hydrogen-bond donors (Lipinski definition) is 0. The van der Waals surface area contributed by atoms with Crippen molar-refractivity contribution in [1.29, 1.82) is 0 Å². The van der Waals surface area contributed by atoms with Crippen LogP contribution in [0.3, 0.4) is 0 Å². The minimum absolute atomic E-state index is 0.0251. The van der Waals surface area contributed by atoms with Gasteiger partial charge in [-0.2, -0.15) is 0 Å². The molecule has 1 aliphatic rings. The summed E-state index contributed by atoms with van der Waals surface area (Å²) < 4.78 is 12.0. The molecule has 0 spiro atoms. The number of ether oxygens (including phenoxy) is 1. The van der Waals surface area contributed by atoms with E-state index in [-0.39, 0.29) is 5.43 Å². The van der Waals surface area contributed by atoms with Gasteiger partial charge in [0, 0.05) is 17.7 Å². The average Bonchev–Trinajstić information content (AvgIpc) is 3.19. The summed E-state index contributed by atoms with van der Waals surface area (Å²) in [5.74, 6) is 1.42. The maximum Gasteiger partial charge on any atom is 0.196 e. The zero-order valence-corrected chi connectivity index (χ0v) is 16.2. The van der Waals surface area contributed by atoms with Crippen LogP contribution in [0.25, 0.3) is 22.3 Å². The zero-order valence-electron chi connectivity index (χ0n) is 16.2. The highest BCUT2D eigenvalue weighted by atomic mass is 16.5. The first-order valence-electron chi connectivity index (χ1n) is 9.51. The molecule has 2 heterocycles. The predicted octanol–water partition coefficient (Wildman–Crippen LogP) is 4.68. The van der Waals surface area contributed by atoms with Gasteiger partial charge in [0.15, 0.2) is 5.43 Å². The topological polar surface area (TPSA) is 42.7 Å². The van der Waals surface area contributed by atoms with Gasteiger partial charge in [-0.15, -0.1) is 0 Å². The summed E-state index contributed by atoms with van der Waals surface area (Å²) in [5, 5.41) is 0.623. The van der Waals surface area contributed by atoms with E-state index in [1.54, 1.807) is 7.11 Å². The zero-order chi connectivity index (χ0) is 19.0. The van der Waals surface area contributed by atoms with Crippen molar-refractivity contribution in [3.05, 3.63) is 63.3 Å². The molecule has 140 valence electrons. The summed E-state index contributed by atoms with van der Waals surface area (Å²) in [5.41, 5.74) is 4.37. The third-order valence-corrected chi connectivity index (χ3v) is 5.46. The van der Waals surface area contributed by atoms with E-state index in [9.17, 15) is 4.79 Å². The molecule has 1 saturated heterocycles. The van der Waals surface area contributed by atoms with Crippen LogP contribution in [0.4, 0.5) is 0 Å². The standard InChI is InChI=1S/C23H25NO3/c1-15-6-8-17(9-7-15)22-16(2)21(25)18-10-11-20(26-3)19(23(18)27-22)14-24-12-4-5-13-24/h6-11H,4-5,12-14H2,1-3H3. The van der Waals surface area contributed by atoms with Crippen LogP contribution in [-0.4, -0.2) is 25.1 Å². The highest BCUT2D eigenvalue weighted by molar-refractivity contribution is 5.85.